The Kier molecular flexibility index (Phi) is 6.93. The molecule has 0 unspecified atom stereocenters. The van der Waals surface area contributed by atoms with Gasteiger partial charge in [0.1, 0.15) is 28.7 Å². The minimum absolute atomic E-state index is 0.179. The number of alkyl halides is 3. The van der Waals surface area contributed by atoms with Gasteiger partial charge in [0.15, 0.2) is 0 Å². The van der Waals surface area contributed by atoms with Gasteiger partial charge in [0, 0.05) is 47.7 Å². The number of nitrogens with one attached hydrogen (secondary N) is 2. The molecule has 1 saturated heterocycles. The first-order valence-corrected chi connectivity index (χ1v) is 13.9. The van der Waals surface area contributed by atoms with Crippen LogP contribution in [0.4, 0.5) is 19.0 Å². The molecule has 1 aromatic carbocycles. The Morgan fingerprint density at radius 3 is 2.67 bits per heavy atom. The van der Waals surface area contributed by atoms with Crippen LogP contribution >= 0.6 is 11.3 Å². The van der Waals surface area contributed by atoms with Crippen molar-refractivity contribution in [1.29, 1.82) is 5.26 Å². The van der Waals surface area contributed by atoms with Gasteiger partial charge in [0.25, 0.3) is 0 Å². The second-order valence-corrected chi connectivity index (χ2v) is 11.3. The number of thiophene rings is 1. The molecule has 0 bridgehead atoms. The van der Waals surface area contributed by atoms with Crippen LogP contribution in [-0.4, -0.2) is 54.9 Å². The van der Waals surface area contributed by atoms with E-state index in [-0.39, 0.29) is 10.9 Å². The number of likely N-dealkylation sites (tertiary alicyclic amines) is 1. The number of aromatic amines is 1. The van der Waals surface area contributed by atoms with E-state index in [1.165, 1.54) is 17.5 Å². The average Bonchev–Trinajstić information content (AvgIpc) is 3.66. The van der Waals surface area contributed by atoms with Gasteiger partial charge < -0.3 is 9.88 Å². The highest BCUT2D eigenvalue weighted by Gasteiger charge is 2.29. The first-order valence-electron chi connectivity index (χ1n) is 13.1. The molecular formula is C28H27F3N8S. The summed E-state index contributed by atoms with van der Waals surface area (Å²) in [6.07, 6.45) is -0.231. The van der Waals surface area contributed by atoms with Crippen molar-refractivity contribution in [3.05, 3.63) is 70.2 Å². The van der Waals surface area contributed by atoms with Crippen LogP contribution in [0.2, 0.25) is 0 Å². The predicted octanol–water partition coefficient (Wildman–Crippen LogP) is 5.78. The molecule has 0 atom stereocenters. The SMILES string of the molecule is Cc1c(CN2CCC(Nc3ncnc4sc(CC(F)(F)F)cc34)CC2)ccc2c1cc(C#N)n2Cc1cc[nH]n1. The van der Waals surface area contributed by atoms with Gasteiger partial charge in [0.05, 0.1) is 24.0 Å². The molecule has 6 rings (SSSR count). The van der Waals surface area contributed by atoms with E-state index in [0.717, 1.165) is 60.4 Å². The quantitative estimate of drug-likeness (QED) is 0.260. The van der Waals surface area contributed by atoms with Gasteiger partial charge in [-0.1, -0.05) is 6.07 Å². The number of hydrogen-bond donors (Lipinski definition) is 2. The number of nitrogens with zero attached hydrogens (tertiary/aromatic N) is 6. The molecule has 1 aliphatic rings. The molecule has 1 fully saturated rings. The number of benzene rings is 1. The van der Waals surface area contributed by atoms with Gasteiger partial charge in [-0.15, -0.1) is 11.3 Å². The van der Waals surface area contributed by atoms with Crippen LogP contribution in [0.5, 0.6) is 0 Å². The summed E-state index contributed by atoms with van der Waals surface area (Å²) in [5, 5.41) is 22.0. The summed E-state index contributed by atoms with van der Waals surface area (Å²) in [7, 11) is 0. The van der Waals surface area contributed by atoms with Gasteiger partial charge in [-0.05, 0) is 55.2 Å². The maximum absolute atomic E-state index is 12.9. The highest BCUT2D eigenvalue weighted by molar-refractivity contribution is 7.18. The van der Waals surface area contributed by atoms with Crippen molar-refractivity contribution in [1.82, 2.24) is 29.6 Å². The zero-order valence-corrected chi connectivity index (χ0v) is 22.6. The van der Waals surface area contributed by atoms with Crippen LogP contribution < -0.4 is 5.32 Å². The minimum Gasteiger partial charge on any atom is -0.367 e. The van der Waals surface area contributed by atoms with E-state index in [9.17, 15) is 18.4 Å². The smallest absolute Gasteiger partial charge is 0.367 e. The number of rotatable bonds is 7. The molecule has 5 aromatic rings. The number of aryl methyl sites for hydroxylation is 1. The third kappa shape index (κ3) is 5.39. The molecule has 0 saturated carbocycles. The van der Waals surface area contributed by atoms with E-state index < -0.39 is 12.6 Å². The molecule has 2 N–H and O–H groups in total. The molecule has 0 amide bonds. The van der Waals surface area contributed by atoms with Crippen molar-refractivity contribution in [2.75, 3.05) is 18.4 Å². The van der Waals surface area contributed by atoms with Gasteiger partial charge in [-0.3, -0.25) is 10.00 Å². The van der Waals surface area contributed by atoms with Gasteiger partial charge in [-0.25, -0.2) is 9.97 Å². The fourth-order valence-corrected chi connectivity index (χ4v) is 6.50. The highest BCUT2D eigenvalue weighted by Crippen LogP contribution is 2.33. The average molecular weight is 565 g/mol. The van der Waals surface area contributed by atoms with Crippen molar-refractivity contribution in [2.24, 2.45) is 0 Å². The van der Waals surface area contributed by atoms with Gasteiger partial charge in [-0.2, -0.15) is 23.5 Å². The van der Waals surface area contributed by atoms with E-state index in [4.69, 9.17) is 0 Å². The first kappa shape index (κ1) is 26.3. The third-order valence-corrected chi connectivity index (χ3v) is 8.58. The summed E-state index contributed by atoms with van der Waals surface area (Å²) in [4.78, 5) is 11.7. The Morgan fingerprint density at radius 1 is 1.12 bits per heavy atom. The largest absolute Gasteiger partial charge is 0.393 e. The number of H-pyrrole nitrogens is 1. The molecule has 0 radical (unpaired) electrons. The predicted molar refractivity (Wildman–Crippen MR) is 148 cm³/mol. The van der Waals surface area contributed by atoms with Crippen molar-refractivity contribution in [3.8, 4) is 6.07 Å². The Bertz CT molecular complexity index is 1690. The van der Waals surface area contributed by atoms with Gasteiger partial charge >= 0.3 is 6.18 Å². The lowest BCUT2D eigenvalue weighted by Gasteiger charge is -2.33. The molecule has 1 aliphatic heterocycles. The minimum atomic E-state index is -4.25. The normalized spacial score (nSPS) is 15.2. The van der Waals surface area contributed by atoms with Crippen LogP contribution in [0, 0.1) is 18.3 Å². The fraction of sp³-hybridized carbons (Fsp3) is 0.357. The first-order chi connectivity index (χ1) is 19.3. The van der Waals surface area contributed by atoms with Crippen molar-refractivity contribution < 1.29 is 13.2 Å². The van der Waals surface area contributed by atoms with Crippen molar-refractivity contribution in [3.63, 3.8) is 0 Å². The second-order valence-electron chi connectivity index (χ2n) is 10.2. The Labute approximate surface area is 232 Å². The van der Waals surface area contributed by atoms with Crippen LogP contribution in [0.15, 0.2) is 42.9 Å². The van der Waals surface area contributed by atoms with Crippen LogP contribution in [0.25, 0.3) is 21.1 Å². The van der Waals surface area contributed by atoms with E-state index in [1.54, 1.807) is 12.3 Å². The molecule has 206 valence electrons. The number of halogens is 3. The summed E-state index contributed by atoms with van der Waals surface area (Å²) >= 11 is 1.07. The molecule has 0 aliphatic carbocycles. The molecule has 5 heterocycles. The van der Waals surface area contributed by atoms with Crippen molar-refractivity contribution >= 4 is 38.3 Å². The van der Waals surface area contributed by atoms with Crippen molar-refractivity contribution in [2.45, 2.75) is 51.5 Å². The molecule has 8 nitrogen and oxygen atoms in total. The number of fused-ring (bicyclic) bond motifs is 2. The van der Waals surface area contributed by atoms with E-state index in [0.29, 0.717) is 28.3 Å². The number of aromatic nitrogens is 5. The summed E-state index contributed by atoms with van der Waals surface area (Å²) in [6.45, 7) is 5.22. The lowest BCUT2D eigenvalue weighted by atomic mass is 10.0. The lowest BCUT2D eigenvalue weighted by molar-refractivity contribution is -0.126. The van der Waals surface area contributed by atoms with Gasteiger partial charge in [0.2, 0.25) is 0 Å². The standard InChI is InChI=1S/C28H27F3N8S/c1-17-18(2-3-25-23(17)10-21(13-32)39(25)15-20-4-7-35-37-20)14-38-8-5-19(6-9-38)36-26-24-11-22(12-28(29,30)31)40-27(24)34-16-33-26/h2-4,7,10-11,16,19H,5-6,8-9,12,14-15H2,1H3,(H,35,37)(H,33,34,36). The van der Waals surface area contributed by atoms with E-state index in [1.807, 2.05) is 16.7 Å². The number of hydrogen-bond acceptors (Lipinski definition) is 7. The monoisotopic (exact) mass is 564 g/mol. The molecule has 40 heavy (non-hydrogen) atoms. The Hall–Kier alpha value is -3.95. The van der Waals surface area contributed by atoms with Crippen LogP contribution in [-0.2, 0) is 19.5 Å². The summed E-state index contributed by atoms with van der Waals surface area (Å²) in [5.41, 5.74) is 4.90. The van der Waals surface area contributed by atoms with Crippen LogP contribution in [0.3, 0.4) is 0 Å². The topological polar surface area (TPSA) is 98.5 Å². The maximum atomic E-state index is 12.9. The maximum Gasteiger partial charge on any atom is 0.393 e. The van der Waals surface area contributed by atoms with E-state index >= 15 is 0 Å². The Morgan fingerprint density at radius 2 is 1.95 bits per heavy atom. The molecule has 0 spiro atoms. The van der Waals surface area contributed by atoms with E-state index in [2.05, 4.69) is 55.5 Å². The number of nitriles is 1. The van der Waals surface area contributed by atoms with Crippen LogP contribution in [0.1, 0.15) is 40.2 Å². The highest BCUT2D eigenvalue weighted by atomic mass is 32.1. The number of piperidine rings is 1. The number of anilines is 1. The lowest BCUT2D eigenvalue weighted by Crippen LogP contribution is -2.39. The third-order valence-electron chi connectivity index (χ3n) is 7.54. The fourth-order valence-electron chi connectivity index (χ4n) is 5.47. The molecule has 12 heteroatoms. The summed E-state index contributed by atoms with van der Waals surface area (Å²) < 4.78 is 40.6. The zero-order chi connectivity index (χ0) is 27.9. The Balaban J connectivity index is 1.12. The summed E-state index contributed by atoms with van der Waals surface area (Å²) in [5.74, 6) is 0.599. The molecule has 4 aromatic heterocycles. The zero-order valence-electron chi connectivity index (χ0n) is 21.8. The molecular weight excluding hydrogens is 537 g/mol. The second kappa shape index (κ2) is 10.6. The summed E-state index contributed by atoms with van der Waals surface area (Å²) in [6, 6.07) is 12.2.